The molecule has 3 rings (SSSR count). The van der Waals surface area contributed by atoms with Crippen LogP contribution >= 0.6 is 0 Å². The summed E-state index contributed by atoms with van der Waals surface area (Å²) in [6.45, 7) is 6.45. The molecule has 0 bridgehead atoms. The number of rotatable bonds is 11. The Kier molecular flexibility index (Phi) is 7.90. The number of benzene rings is 1. The first kappa shape index (κ1) is 22.5. The van der Waals surface area contributed by atoms with Crippen LogP contribution in [0.1, 0.15) is 52.0 Å². The molecular weight excluding hydrogens is 376 g/mol. The lowest BCUT2D eigenvalue weighted by atomic mass is 10.1. The topological polar surface area (TPSA) is 86.6 Å². The van der Waals surface area contributed by atoms with E-state index in [0.717, 1.165) is 24.3 Å². The van der Waals surface area contributed by atoms with Crippen molar-refractivity contribution in [2.24, 2.45) is 0 Å². The van der Waals surface area contributed by atoms with Crippen LogP contribution < -0.4 is 4.74 Å². The molecule has 2 N–H and O–H groups in total. The van der Waals surface area contributed by atoms with Gasteiger partial charge in [0.05, 0.1) is 19.8 Å². The van der Waals surface area contributed by atoms with E-state index in [9.17, 15) is 10.2 Å². The molecule has 0 radical (unpaired) electrons. The highest BCUT2D eigenvalue weighted by Gasteiger charge is 2.56. The quantitative estimate of drug-likeness (QED) is 0.543. The van der Waals surface area contributed by atoms with Gasteiger partial charge in [0.2, 0.25) is 0 Å². The summed E-state index contributed by atoms with van der Waals surface area (Å²) >= 11 is 0. The van der Waals surface area contributed by atoms with Crippen molar-refractivity contribution in [1.82, 2.24) is 0 Å². The van der Waals surface area contributed by atoms with Crippen molar-refractivity contribution in [2.75, 3.05) is 13.2 Å². The minimum absolute atomic E-state index is 0.326. The molecule has 5 atom stereocenters. The molecule has 7 nitrogen and oxygen atoms in total. The standard InChI is InChI=1S/C22H34O7/c1-4-5-6-7-12-25-16-10-8-15(9-11-16)14-26-19-18(17(24)13-23)27-21-20(19)28-22(2,3)29-21/h8-11,17-21,23-24H,4-7,12-14H2,1-3H3/t17-,18+,19-,20+,21-/m1/s1. The van der Waals surface area contributed by atoms with E-state index in [0.29, 0.717) is 6.61 Å². The summed E-state index contributed by atoms with van der Waals surface area (Å²) in [5.41, 5.74) is 0.974. The van der Waals surface area contributed by atoms with Gasteiger partial charge in [-0.1, -0.05) is 38.3 Å². The zero-order valence-corrected chi connectivity index (χ0v) is 17.6. The van der Waals surface area contributed by atoms with Gasteiger partial charge in [0.15, 0.2) is 12.1 Å². The summed E-state index contributed by atoms with van der Waals surface area (Å²) in [5.74, 6) is 0.0692. The molecule has 7 heteroatoms. The molecule has 0 saturated carbocycles. The van der Waals surface area contributed by atoms with E-state index in [-0.39, 0.29) is 0 Å². The Balaban J connectivity index is 1.53. The predicted octanol–water partition coefficient (Wildman–Crippen LogP) is 2.76. The second kappa shape index (κ2) is 10.2. The Bertz CT molecular complexity index is 618. The first-order valence-corrected chi connectivity index (χ1v) is 10.6. The minimum Gasteiger partial charge on any atom is -0.494 e. The van der Waals surface area contributed by atoms with Crippen LogP contribution in [0.2, 0.25) is 0 Å². The van der Waals surface area contributed by atoms with E-state index in [1.54, 1.807) is 0 Å². The monoisotopic (exact) mass is 410 g/mol. The molecule has 2 aliphatic rings. The molecule has 1 aromatic carbocycles. The Labute approximate surface area is 172 Å². The lowest BCUT2D eigenvalue weighted by Gasteiger charge is -2.28. The minimum atomic E-state index is -1.07. The Morgan fingerprint density at radius 3 is 2.55 bits per heavy atom. The van der Waals surface area contributed by atoms with E-state index in [1.807, 2.05) is 38.1 Å². The summed E-state index contributed by atoms with van der Waals surface area (Å²) in [6, 6.07) is 7.79. The van der Waals surface area contributed by atoms with Crippen LogP contribution in [-0.4, -0.2) is 59.9 Å². The van der Waals surface area contributed by atoms with E-state index in [2.05, 4.69) is 6.92 Å². The molecule has 0 amide bonds. The van der Waals surface area contributed by atoms with Crippen molar-refractivity contribution in [3.05, 3.63) is 29.8 Å². The molecule has 0 unspecified atom stereocenters. The third kappa shape index (κ3) is 5.90. The number of aliphatic hydroxyl groups excluding tert-OH is 2. The van der Waals surface area contributed by atoms with Crippen LogP contribution in [0, 0.1) is 0 Å². The van der Waals surface area contributed by atoms with Gasteiger partial charge in [0.1, 0.15) is 30.2 Å². The molecule has 0 spiro atoms. The fourth-order valence-corrected chi connectivity index (χ4v) is 3.70. The molecule has 2 fully saturated rings. The highest BCUT2D eigenvalue weighted by Crippen LogP contribution is 2.39. The second-order valence-electron chi connectivity index (χ2n) is 8.15. The maximum atomic E-state index is 10.1. The number of aliphatic hydroxyl groups is 2. The van der Waals surface area contributed by atoms with Gasteiger partial charge in [-0.05, 0) is 38.0 Å². The predicted molar refractivity (Wildman–Crippen MR) is 106 cm³/mol. The van der Waals surface area contributed by atoms with Crippen molar-refractivity contribution in [1.29, 1.82) is 0 Å². The highest BCUT2D eigenvalue weighted by atomic mass is 16.8. The Morgan fingerprint density at radius 2 is 1.86 bits per heavy atom. The van der Waals surface area contributed by atoms with Gasteiger partial charge < -0.3 is 33.9 Å². The summed E-state index contributed by atoms with van der Waals surface area (Å²) in [7, 11) is 0. The van der Waals surface area contributed by atoms with Gasteiger partial charge in [-0.2, -0.15) is 0 Å². The first-order valence-electron chi connectivity index (χ1n) is 10.6. The molecule has 2 heterocycles. The van der Waals surface area contributed by atoms with Gasteiger partial charge in [-0.15, -0.1) is 0 Å². The van der Waals surface area contributed by atoms with E-state index in [4.69, 9.17) is 23.7 Å². The molecule has 2 aliphatic heterocycles. The third-order valence-electron chi connectivity index (χ3n) is 5.23. The number of ether oxygens (including phenoxy) is 5. The largest absolute Gasteiger partial charge is 0.494 e. The van der Waals surface area contributed by atoms with E-state index < -0.39 is 43.1 Å². The number of hydrogen-bond donors (Lipinski definition) is 2. The van der Waals surface area contributed by atoms with Crippen LogP contribution in [0.15, 0.2) is 24.3 Å². The van der Waals surface area contributed by atoms with Crippen LogP contribution in [0.5, 0.6) is 5.75 Å². The molecule has 0 aromatic heterocycles. The first-order chi connectivity index (χ1) is 13.9. The van der Waals surface area contributed by atoms with Crippen molar-refractivity contribution in [3.8, 4) is 5.75 Å². The van der Waals surface area contributed by atoms with Crippen LogP contribution in [0.25, 0.3) is 0 Å². The van der Waals surface area contributed by atoms with Gasteiger partial charge in [0, 0.05) is 0 Å². The Morgan fingerprint density at radius 1 is 1.10 bits per heavy atom. The van der Waals surface area contributed by atoms with E-state index >= 15 is 0 Å². The van der Waals surface area contributed by atoms with Crippen molar-refractivity contribution in [3.63, 3.8) is 0 Å². The second-order valence-corrected chi connectivity index (χ2v) is 8.15. The average Bonchev–Trinajstić information content (AvgIpc) is 3.18. The van der Waals surface area contributed by atoms with Crippen LogP contribution in [-0.2, 0) is 25.6 Å². The average molecular weight is 411 g/mol. The van der Waals surface area contributed by atoms with Crippen molar-refractivity contribution < 1.29 is 33.9 Å². The number of unbranched alkanes of at least 4 members (excludes halogenated alkanes) is 3. The maximum absolute atomic E-state index is 10.1. The molecule has 2 saturated heterocycles. The summed E-state index contributed by atoms with van der Waals surface area (Å²) in [4.78, 5) is 0. The van der Waals surface area contributed by atoms with Gasteiger partial charge >= 0.3 is 0 Å². The molecule has 1 aromatic rings. The molecule has 29 heavy (non-hydrogen) atoms. The van der Waals surface area contributed by atoms with Crippen molar-refractivity contribution >= 4 is 0 Å². The molecular formula is C22H34O7. The number of fused-ring (bicyclic) bond motifs is 1. The summed E-state index contributed by atoms with van der Waals surface area (Å²) in [6.07, 6.45) is 1.32. The lowest BCUT2D eigenvalue weighted by Crippen LogP contribution is -2.44. The zero-order valence-electron chi connectivity index (χ0n) is 17.6. The van der Waals surface area contributed by atoms with Gasteiger partial charge in [0.25, 0.3) is 0 Å². The number of hydrogen-bond acceptors (Lipinski definition) is 7. The SMILES string of the molecule is CCCCCCOc1ccc(CO[C@H]2[C@@H]3OC(C)(C)O[C@H]3O[C@H]2[C@H](O)CO)cc1. The maximum Gasteiger partial charge on any atom is 0.190 e. The Hall–Kier alpha value is -1.22. The van der Waals surface area contributed by atoms with Gasteiger partial charge in [-0.3, -0.25) is 0 Å². The van der Waals surface area contributed by atoms with Crippen molar-refractivity contribution in [2.45, 2.75) is 89.6 Å². The third-order valence-corrected chi connectivity index (χ3v) is 5.23. The summed E-state index contributed by atoms with van der Waals surface area (Å²) in [5, 5.41) is 19.4. The highest BCUT2D eigenvalue weighted by molar-refractivity contribution is 5.26. The zero-order chi connectivity index (χ0) is 20.9. The smallest absolute Gasteiger partial charge is 0.190 e. The van der Waals surface area contributed by atoms with E-state index in [1.165, 1.54) is 19.3 Å². The fourth-order valence-electron chi connectivity index (χ4n) is 3.70. The lowest BCUT2D eigenvalue weighted by molar-refractivity contribution is -0.232. The normalized spacial score (nSPS) is 29.0. The van der Waals surface area contributed by atoms with Crippen LogP contribution in [0.4, 0.5) is 0 Å². The van der Waals surface area contributed by atoms with Gasteiger partial charge in [-0.25, -0.2) is 0 Å². The molecule has 164 valence electrons. The fraction of sp³-hybridized carbons (Fsp3) is 0.727. The molecule has 0 aliphatic carbocycles. The van der Waals surface area contributed by atoms with Crippen LogP contribution in [0.3, 0.4) is 0 Å². The summed E-state index contributed by atoms with van der Waals surface area (Å²) < 4.78 is 29.2.